The Morgan fingerprint density at radius 1 is 1.32 bits per heavy atom. The van der Waals surface area contributed by atoms with E-state index >= 15 is 0 Å². The van der Waals surface area contributed by atoms with Gasteiger partial charge < -0.3 is 10.4 Å². The van der Waals surface area contributed by atoms with E-state index in [-0.39, 0.29) is 5.92 Å². The number of carboxylic acids is 1. The van der Waals surface area contributed by atoms with Gasteiger partial charge in [-0.15, -0.1) is 0 Å². The van der Waals surface area contributed by atoms with Gasteiger partial charge in [-0.05, 0) is 45.1 Å². The molecular weight excluding hydrogens is 240 g/mol. The molecule has 2 unspecified atom stereocenters. The van der Waals surface area contributed by atoms with Gasteiger partial charge in [0.1, 0.15) is 0 Å². The summed E-state index contributed by atoms with van der Waals surface area (Å²) >= 11 is 0. The number of carboxylic acid groups (broad SMARTS) is 1. The number of nitrogens with one attached hydrogen (secondary N) is 1. The molecule has 0 aromatic heterocycles. The van der Waals surface area contributed by atoms with Gasteiger partial charge >= 0.3 is 5.97 Å². The molecule has 1 rings (SSSR count). The summed E-state index contributed by atoms with van der Waals surface area (Å²) in [7, 11) is 0. The number of likely N-dealkylation sites (tertiary alicyclic amines) is 1. The van der Waals surface area contributed by atoms with Crippen molar-refractivity contribution in [2.75, 3.05) is 19.6 Å². The molecule has 4 heteroatoms. The smallest absolute Gasteiger partial charge is 0.303 e. The van der Waals surface area contributed by atoms with E-state index in [0.29, 0.717) is 24.4 Å². The zero-order chi connectivity index (χ0) is 14.4. The van der Waals surface area contributed by atoms with Crippen molar-refractivity contribution in [1.29, 1.82) is 0 Å². The van der Waals surface area contributed by atoms with Gasteiger partial charge in [0, 0.05) is 31.6 Å². The molecule has 0 radical (unpaired) electrons. The Bertz CT molecular complexity index is 279. The molecule has 112 valence electrons. The van der Waals surface area contributed by atoms with Crippen LogP contribution >= 0.6 is 0 Å². The summed E-state index contributed by atoms with van der Waals surface area (Å²) in [5.74, 6) is 0.328. The van der Waals surface area contributed by atoms with E-state index in [1.165, 1.54) is 6.42 Å². The summed E-state index contributed by atoms with van der Waals surface area (Å²) in [6, 6.07) is 0.935. The lowest BCUT2D eigenvalue weighted by molar-refractivity contribution is -0.138. The van der Waals surface area contributed by atoms with Crippen molar-refractivity contribution in [3.05, 3.63) is 0 Å². The zero-order valence-electron chi connectivity index (χ0n) is 12.9. The molecular formula is C15H30N2O2. The predicted molar refractivity (Wildman–Crippen MR) is 78.3 cm³/mol. The highest BCUT2D eigenvalue weighted by atomic mass is 16.4. The Hall–Kier alpha value is -0.610. The third kappa shape index (κ3) is 6.39. The minimum Gasteiger partial charge on any atom is -0.481 e. The molecule has 1 aliphatic heterocycles. The van der Waals surface area contributed by atoms with Crippen LogP contribution in [-0.4, -0.2) is 47.7 Å². The minimum atomic E-state index is -0.670. The summed E-state index contributed by atoms with van der Waals surface area (Å²) in [5.41, 5.74) is 0. The van der Waals surface area contributed by atoms with Crippen molar-refractivity contribution in [2.45, 2.75) is 59.0 Å². The van der Waals surface area contributed by atoms with E-state index < -0.39 is 5.97 Å². The fourth-order valence-electron chi connectivity index (χ4n) is 2.78. The summed E-state index contributed by atoms with van der Waals surface area (Å²) in [5, 5.41) is 12.6. The van der Waals surface area contributed by atoms with Gasteiger partial charge in [0.15, 0.2) is 0 Å². The Morgan fingerprint density at radius 3 is 2.53 bits per heavy atom. The van der Waals surface area contributed by atoms with Crippen LogP contribution in [-0.2, 0) is 4.79 Å². The van der Waals surface area contributed by atoms with Crippen LogP contribution in [0.4, 0.5) is 0 Å². The highest BCUT2D eigenvalue weighted by Gasteiger charge is 2.29. The largest absolute Gasteiger partial charge is 0.481 e. The van der Waals surface area contributed by atoms with Crippen molar-refractivity contribution >= 4 is 5.97 Å². The average Bonchev–Trinajstić information content (AvgIpc) is 2.27. The van der Waals surface area contributed by atoms with Crippen LogP contribution < -0.4 is 5.32 Å². The average molecular weight is 270 g/mol. The van der Waals surface area contributed by atoms with Gasteiger partial charge in [0.2, 0.25) is 0 Å². The summed E-state index contributed by atoms with van der Waals surface area (Å²) < 4.78 is 0. The molecule has 2 N–H and O–H groups in total. The van der Waals surface area contributed by atoms with Gasteiger partial charge in [0.05, 0.1) is 0 Å². The van der Waals surface area contributed by atoms with E-state index in [1.54, 1.807) is 0 Å². The Morgan fingerprint density at radius 2 is 2.00 bits per heavy atom. The number of piperidine rings is 1. The summed E-state index contributed by atoms with van der Waals surface area (Å²) in [6.45, 7) is 11.8. The van der Waals surface area contributed by atoms with Gasteiger partial charge in [-0.1, -0.05) is 13.8 Å². The molecule has 0 aromatic rings. The Labute approximate surface area is 117 Å². The van der Waals surface area contributed by atoms with Crippen LogP contribution in [0, 0.1) is 11.8 Å². The maximum Gasteiger partial charge on any atom is 0.303 e. The van der Waals surface area contributed by atoms with E-state index in [4.69, 9.17) is 5.11 Å². The van der Waals surface area contributed by atoms with Crippen LogP contribution in [0.3, 0.4) is 0 Å². The van der Waals surface area contributed by atoms with Crippen LogP contribution in [0.15, 0.2) is 0 Å². The molecule has 0 saturated carbocycles. The third-order valence-electron chi connectivity index (χ3n) is 3.91. The topological polar surface area (TPSA) is 52.6 Å². The molecule has 0 aliphatic carbocycles. The molecule has 0 amide bonds. The fourth-order valence-corrected chi connectivity index (χ4v) is 2.78. The second-order valence-electron chi connectivity index (χ2n) is 6.58. The zero-order valence-corrected chi connectivity index (χ0v) is 12.9. The number of rotatable bonds is 7. The molecule has 0 spiro atoms. The van der Waals surface area contributed by atoms with E-state index in [9.17, 15) is 4.79 Å². The highest BCUT2D eigenvalue weighted by Crippen LogP contribution is 2.22. The molecule has 2 atom stereocenters. The van der Waals surface area contributed by atoms with Crippen molar-refractivity contribution in [2.24, 2.45) is 11.8 Å². The molecule has 1 aliphatic rings. The van der Waals surface area contributed by atoms with Gasteiger partial charge in [-0.3, -0.25) is 9.69 Å². The molecule has 1 saturated heterocycles. The monoisotopic (exact) mass is 270 g/mol. The third-order valence-corrected chi connectivity index (χ3v) is 3.91. The number of aliphatic carboxylic acids is 1. The lowest BCUT2D eigenvalue weighted by Crippen LogP contribution is -2.52. The maximum absolute atomic E-state index is 10.9. The summed E-state index contributed by atoms with van der Waals surface area (Å²) in [6.07, 6.45) is 2.47. The lowest BCUT2D eigenvalue weighted by Gasteiger charge is -2.40. The second-order valence-corrected chi connectivity index (χ2v) is 6.58. The molecule has 0 bridgehead atoms. The Kier molecular flexibility index (Phi) is 6.80. The van der Waals surface area contributed by atoms with E-state index in [2.05, 4.69) is 37.9 Å². The molecule has 0 aromatic carbocycles. The first kappa shape index (κ1) is 16.4. The number of hydrogen-bond acceptors (Lipinski definition) is 3. The van der Waals surface area contributed by atoms with Crippen molar-refractivity contribution < 1.29 is 9.90 Å². The standard InChI is InChI=1S/C15H30N2O2/c1-11(2)5-6-16-14-7-13(8-15(18)19)9-17(10-14)12(3)4/h11-14,16H,5-10H2,1-4H3,(H,18,19). The van der Waals surface area contributed by atoms with Gasteiger partial charge in [0.25, 0.3) is 0 Å². The maximum atomic E-state index is 10.9. The Balaban J connectivity index is 2.47. The van der Waals surface area contributed by atoms with Crippen LogP contribution in [0.25, 0.3) is 0 Å². The molecule has 1 fully saturated rings. The fraction of sp³-hybridized carbons (Fsp3) is 0.933. The van der Waals surface area contributed by atoms with Gasteiger partial charge in [-0.2, -0.15) is 0 Å². The number of carbonyl (C=O) groups is 1. The van der Waals surface area contributed by atoms with Gasteiger partial charge in [-0.25, -0.2) is 0 Å². The predicted octanol–water partition coefficient (Wildman–Crippen LogP) is 2.20. The quantitative estimate of drug-likeness (QED) is 0.744. The van der Waals surface area contributed by atoms with Crippen LogP contribution in [0.1, 0.15) is 47.0 Å². The van der Waals surface area contributed by atoms with Crippen molar-refractivity contribution in [1.82, 2.24) is 10.2 Å². The summed E-state index contributed by atoms with van der Waals surface area (Å²) in [4.78, 5) is 13.3. The van der Waals surface area contributed by atoms with Crippen LogP contribution in [0.2, 0.25) is 0 Å². The highest BCUT2D eigenvalue weighted by molar-refractivity contribution is 5.67. The molecule has 1 heterocycles. The van der Waals surface area contributed by atoms with Crippen molar-refractivity contribution in [3.63, 3.8) is 0 Å². The van der Waals surface area contributed by atoms with E-state index in [0.717, 1.165) is 26.1 Å². The number of hydrogen-bond donors (Lipinski definition) is 2. The number of nitrogens with zero attached hydrogens (tertiary/aromatic N) is 1. The lowest BCUT2D eigenvalue weighted by atomic mass is 9.90. The van der Waals surface area contributed by atoms with E-state index in [1.807, 2.05) is 0 Å². The minimum absolute atomic E-state index is 0.283. The van der Waals surface area contributed by atoms with Crippen LogP contribution in [0.5, 0.6) is 0 Å². The second kappa shape index (κ2) is 7.85. The molecule has 19 heavy (non-hydrogen) atoms. The SMILES string of the molecule is CC(C)CCNC1CC(CC(=O)O)CN(C(C)C)C1. The first-order chi connectivity index (χ1) is 8.88. The normalized spacial score (nSPS) is 25.2. The van der Waals surface area contributed by atoms with Crippen molar-refractivity contribution in [3.8, 4) is 0 Å². The first-order valence-corrected chi connectivity index (χ1v) is 7.57. The first-order valence-electron chi connectivity index (χ1n) is 7.57. The molecule has 4 nitrogen and oxygen atoms in total.